The maximum atomic E-state index is 5.80. The number of hydrogen-bond donors (Lipinski definition) is 2. The van der Waals surface area contributed by atoms with Gasteiger partial charge in [-0.2, -0.15) is 0 Å². The Hall–Kier alpha value is -0.0800. The smallest absolute Gasteiger partial charge is 0.00391 e. The number of hydrogen-bond acceptors (Lipinski definition) is 2. The highest BCUT2D eigenvalue weighted by Gasteiger charge is 1.98. The van der Waals surface area contributed by atoms with E-state index in [0.29, 0.717) is 6.04 Å². The van der Waals surface area contributed by atoms with Crippen molar-refractivity contribution in [2.45, 2.75) is 38.6 Å². The van der Waals surface area contributed by atoms with Crippen molar-refractivity contribution in [3.63, 3.8) is 0 Å². The monoisotopic (exact) mass is 144 g/mol. The van der Waals surface area contributed by atoms with Crippen LogP contribution in [0.2, 0.25) is 0 Å². The summed E-state index contributed by atoms with van der Waals surface area (Å²) in [6.45, 7) is 3.27. The fourth-order valence-electron chi connectivity index (χ4n) is 1.06. The molecular formula is C8H20N2. The van der Waals surface area contributed by atoms with Gasteiger partial charge in [0.2, 0.25) is 0 Å². The molecule has 0 radical (unpaired) electrons. The highest BCUT2D eigenvalue weighted by Crippen LogP contribution is 2.00. The molecule has 0 aromatic heterocycles. The van der Waals surface area contributed by atoms with Gasteiger partial charge < -0.3 is 11.1 Å². The third-order valence-corrected chi connectivity index (χ3v) is 1.66. The van der Waals surface area contributed by atoms with Crippen molar-refractivity contribution in [2.75, 3.05) is 13.6 Å². The number of nitrogens with one attached hydrogen (secondary N) is 1. The molecule has 0 saturated carbocycles. The zero-order valence-electron chi connectivity index (χ0n) is 7.19. The first kappa shape index (κ1) is 9.92. The van der Waals surface area contributed by atoms with Crippen LogP contribution in [0, 0.1) is 0 Å². The first-order valence-electron chi connectivity index (χ1n) is 4.21. The molecule has 0 aromatic carbocycles. The van der Waals surface area contributed by atoms with E-state index in [1.54, 1.807) is 0 Å². The molecule has 0 amide bonds. The summed E-state index contributed by atoms with van der Waals surface area (Å²) in [4.78, 5) is 0. The van der Waals surface area contributed by atoms with Crippen molar-refractivity contribution in [1.29, 1.82) is 0 Å². The van der Waals surface area contributed by atoms with Gasteiger partial charge in [-0.25, -0.2) is 0 Å². The van der Waals surface area contributed by atoms with Crippen LogP contribution in [0.15, 0.2) is 0 Å². The highest BCUT2D eigenvalue weighted by molar-refractivity contribution is 4.60. The lowest BCUT2D eigenvalue weighted by atomic mass is 10.1. The normalized spacial score (nSPS) is 13.5. The van der Waals surface area contributed by atoms with Gasteiger partial charge in [0.1, 0.15) is 0 Å². The molecule has 1 atom stereocenters. The van der Waals surface area contributed by atoms with E-state index in [4.69, 9.17) is 5.73 Å². The molecule has 62 valence electrons. The number of nitrogens with two attached hydrogens (primary N) is 1. The molecule has 0 rings (SSSR count). The minimum absolute atomic E-state index is 0.429. The van der Waals surface area contributed by atoms with Crippen molar-refractivity contribution < 1.29 is 0 Å². The van der Waals surface area contributed by atoms with Crippen molar-refractivity contribution >= 4 is 0 Å². The van der Waals surface area contributed by atoms with Crippen LogP contribution in [0.25, 0.3) is 0 Å². The van der Waals surface area contributed by atoms with Gasteiger partial charge in [-0.05, 0) is 32.9 Å². The lowest BCUT2D eigenvalue weighted by Gasteiger charge is -2.08. The zero-order chi connectivity index (χ0) is 7.82. The second-order valence-corrected chi connectivity index (χ2v) is 2.79. The minimum atomic E-state index is 0.429. The molecule has 10 heavy (non-hydrogen) atoms. The van der Waals surface area contributed by atoms with E-state index in [1.165, 1.54) is 19.3 Å². The first-order valence-corrected chi connectivity index (χ1v) is 4.21. The Bertz CT molecular complexity index is 64.3. The molecule has 2 nitrogen and oxygen atoms in total. The summed E-state index contributed by atoms with van der Waals surface area (Å²) in [6.07, 6.45) is 4.75. The maximum Gasteiger partial charge on any atom is 0.00391 e. The Morgan fingerprint density at radius 2 is 2.10 bits per heavy atom. The average molecular weight is 144 g/mol. The van der Waals surface area contributed by atoms with Crippen LogP contribution < -0.4 is 11.1 Å². The van der Waals surface area contributed by atoms with E-state index in [-0.39, 0.29) is 0 Å². The summed E-state index contributed by atoms with van der Waals surface area (Å²) in [5.41, 5.74) is 5.80. The minimum Gasteiger partial charge on any atom is -0.328 e. The topological polar surface area (TPSA) is 38.0 Å². The van der Waals surface area contributed by atoms with Gasteiger partial charge in [-0.15, -0.1) is 0 Å². The van der Waals surface area contributed by atoms with Crippen LogP contribution in [-0.2, 0) is 0 Å². The van der Waals surface area contributed by atoms with E-state index < -0.39 is 0 Å². The second-order valence-electron chi connectivity index (χ2n) is 2.79. The Balaban J connectivity index is 2.97. The molecular weight excluding hydrogens is 124 g/mol. The van der Waals surface area contributed by atoms with Crippen LogP contribution in [0.1, 0.15) is 32.6 Å². The highest BCUT2D eigenvalue weighted by atomic mass is 14.8. The summed E-state index contributed by atoms with van der Waals surface area (Å²) in [7, 11) is 1.98. The zero-order valence-corrected chi connectivity index (χ0v) is 7.19. The summed E-state index contributed by atoms with van der Waals surface area (Å²) in [5, 5.41) is 3.11. The van der Waals surface area contributed by atoms with E-state index in [1.807, 2.05) is 7.05 Å². The van der Waals surface area contributed by atoms with Crippen LogP contribution in [0.5, 0.6) is 0 Å². The summed E-state index contributed by atoms with van der Waals surface area (Å²) < 4.78 is 0. The summed E-state index contributed by atoms with van der Waals surface area (Å²) in [6, 6.07) is 0.429. The molecule has 2 heteroatoms. The Kier molecular flexibility index (Phi) is 6.98. The van der Waals surface area contributed by atoms with Crippen molar-refractivity contribution in [1.82, 2.24) is 5.32 Å². The molecule has 0 unspecified atom stereocenters. The SMILES string of the molecule is CCC[C@H](N)CCCNC. The van der Waals surface area contributed by atoms with Crippen LogP contribution in [0.4, 0.5) is 0 Å². The van der Waals surface area contributed by atoms with Crippen molar-refractivity contribution in [3.8, 4) is 0 Å². The third kappa shape index (κ3) is 6.05. The molecule has 0 aliphatic heterocycles. The van der Waals surface area contributed by atoms with Gasteiger partial charge in [0.05, 0.1) is 0 Å². The molecule has 0 saturated heterocycles. The molecule has 0 spiro atoms. The molecule has 0 aliphatic carbocycles. The Morgan fingerprint density at radius 3 is 2.60 bits per heavy atom. The van der Waals surface area contributed by atoms with Crippen LogP contribution in [-0.4, -0.2) is 19.6 Å². The Morgan fingerprint density at radius 1 is 1.40 bits per heavy atom. The van der Waals surface area contributed by atoms with E-state index in [2.05, 4.69) is 12.2 Å². The lowest BCUT2D eigenvalue weighted by Crippen LogP contribution is -2.21. The van der Waals surface area contributed by atoms with Gasteiger partial charge in [0.15, 0.2) is 0 Å². The van der Waals surface area contributed by atoms with E-state index in [9.17, 15) is 0 Å². The molecule has 0 bridgehead atoms. The Labute approximate surface area is 64.2 Å². The molecule has 0 fully saturated rings. The molecule has 0 aromatic rings. The average Bonchev–Trinajstić information content (AvgIpc) is 1.89. The molecule has 3 N–H and O–H groups in total. The van der Waals surface area contributed by atoms with Gasteiger partial charge in [0, 0.05) is 6.04 Å². The van der Waals surface area contributed by atoms with Gasteiger partial charge in [-0.3, -0.25) is 0 Å². The standard InChI is InChI=1S/C8H20N2/c1-3-5-8(9)6-4-7-10-2/h8,10H,3-7,9H2,1-2H3/t8-/m0/s1. The quantitative estimate of drug-likeness (QED) is 0.548. The van der Waals surface area contributed by atoms with E-state index in [0.717, 1.165) is 13.0 Å². The predicted molar refractivity (Wildman–Crippen MR) is 46.0 cm³/mol. The molecule has 0 aliphatic rings. The first-order chi connectivity index (χ1) is 4.81. The largest absolute Gasteiger partial charge is 0.328 e. The fourth-order valence-corrected chi connectivity index (χ4v) is 1.06. The van der Waals surface area contributed by atoms with Gasteiger partial charge in [0.25, 0.3) is 0 Å². The van der Waals surface area contributed by atoms with Crippen molar-refractivity contribution in [2.24, 2.45) is 5.73 Å². The predicted octanol–water partition coefficient (Wildman–Crippen LogP) is 1.11. The molecule has 0 heterocycles. The fraction of sp³-hybridized carbons (Fsp3) is 1.00. The summed E-state index contributed by atoms with van der Waals surface area (Å²) in [5.74, 6) is 0. The lowest BCUT2D eigenvalue weighted by molar-refractivity contribution is 0.530. The van der Waals surface area contributed by atoms with Crippen LogP contribution >= 0.6 is 0 Å². The van der Waals surface area contributed by atoms with Crippen LogP contribution in [0.3, 0.4) is 0 Å². The number of rotatable bonds is 6. The van der Waals surface area contributed by atoms with Crippen molar-refractivity contribution in [3.05, 3.63) is 0 Å². The third-order valence-electron chi connectivity index (χ3n) is 1.66. The van der Waals surface area contributed by atoms with Gasteiger partial charge in [-0.1, -0.05) is 13.3 Å². The maximum absolute atomic E-state index is 5.80. The summed E-state index contributed by atoms with van der Waals surface area (Å²) >= 11 is 0. The van der Waals surface area contributed by atoms with E-state index >= 15 is 0 Å². The second kappa shape index (κ2) is 7.03. The van der Waals surface area contributed by atoms with Gasteiger partial charge >= 0.3 is 0 Å².